The number of carbonyl (C=O) groups is 3. The lowest BCUT2D eigenvalue weighted by Gasteiger charge is -2.27. The molecule has 0 bridgehead atoms. The summed E-state index contributed by atoms with van der Waals surface area (Å²) in [6.45, 7) is 4.94. The third kappa shape index (κ3) is 4.21. The quantitative estimate of drug-likeness (QED) is 0.554. The van der Waals surface area contributed by atoms with E-state index in [-0.39, 0.29) is 17.9 Å². The molecular formula is C14H22N2O5. The number of rotatable bonds is 2. The molecule has 1 atom stereocenters. The lowest BCUT2D eigenvalue weighted by Crippen LogP contribution is -2.44. The number of likely N-dealkylation sites (tertiary alicyclic amines) is 1. The third-order valence-electron chi connectivity index (χ3n) is 2.69. The highest BCUT2D eigenvalue weighted by Gasteiger charge is 2.45. The lowest BCUT2D eigenvalue weighted by atomic mass is 10.1. The Morgan fingerprint density at radius 3 is 2.33 bits per heavy atom. The highest BCUT2D eigenvalue weighted by atomic mass is 16.6. The fourth-order valence-electron chi connectivity index (χ4n) is 1.93. The number of methoxy groups -OCH3 is 1. The van der Waals surface area contributed by atoms with Gasteiger partial charge in [-0.25, -0.2) is 9.59 Å². The number of amides is 1. The van der Waals surface area contributed by atoms with Crippen molar-refractivity contribution in [2.24, 2.45) is 0 Å². The van der Waals surface area contributed by atoms with Crippen molar-refractivity contribution >= 4 is 17.8 Å². The van der Waals surface area contributed by atoms with Gasteiger partial charge in [-0.05, 0) is 20.8 Å². The average molecular weight is 298 g/mol. The van der Waals surface area contributed by atoms with E-state index in [9.17, 15) is 14.4 Å². The summed E-state index contributed by atoms with van der Waals surface area (Å²) in [7, 11) is 4.67. The number of nitrogens with zero attached hydrogens (tertiary/aromatic N) is 2. The lowest BCUT2D eigenvalue weighted by molar-refractivity contribution is -0.144. The molecule has 0 N–H and O–H groups in total. The molecule has 1 amide bonds. The van der Waals surface area contributed by atoms with Crippen LogP contribution in [0, 0.1) is 0 Å². The van der Waals surface area contributed by atoms with Crippen LogP contribution < -0.4 is 0 Å². The Hall–Kier alpha value is -2.05. The number of hydrogen-bond acceptors (Lipinski definition) is 6. The van der Waals surface area contributed by atoms with Gasteiger partial charge in [-0.1, -0.05) is 0 Å². The highest BCUT2D eigenvalue weighted by molar-refractivity contribution is 6.09. The van der Waals surface area contributed by atoms with E-state index in [4.69, 9.17) is 9.47 Å². The Morgan fingerprint density at radius 2 is 1.90 bits per heavy atom. The van der Waals surface area contributed by atoms with Crippen LogP contribution in [-0.4, -0.2) is 67.0 Å². The van der Waals surface area contributed by atoms with E-state index in [1.807, 2.05) is 0 Å². The molecule has 0 aromatic heterocycles. The minimum Gasteiger partial charge on any atom is -0.467 e. The van der Waals surface area contributed by atoms with Crippen LogP contribution in [-0.2, 0) is 19.1 Å². The molecule has 1 aliphatic heterocycles. The Balaban J connectivity index is 3.12. The Morgan fingerprint density at radius 1 is 1.33 bits per heavy atom. The normalized spacial score (nSPS) is 20.7. The number of ketones is 1. The Kier molecular flexibility index (Phi) is 4.98. The van der Waals surface area contributed by atoms with Gasteiger partial charge in [0.05, 0.1) is 13.7 Å². The van der Waals surface area contributed by atoms with E-state index < -0.39 is 23.7 Å². The fraction of sp³-hybridized carbons (Fsp3) is 0.643. The van der Waals surface area contributed by atoms with Gasteiger partial charge in [-0.3, -0.25) is 9.69 Å². The molecule has 1 fully saturated rings. The number of hydrogen-bond donors (Lipinski definition) is 0. The largest absolute Gasteiger partial charge is 0.467 e. The second-order valence-corrected chi connectivity index (χ2v) is 6.01. The van der Waals surface area contributed by atoms with Gasteiger partial charge in [0.2, 0.25) is 0 Å². The molecule has 1 aliphatic rings. The second-order valence-electron chi connectivity index (χ2n) is 6.01. The molecule has 7 nitrogen and oxygen atoms in total. The molecule has 0 aromatic rings. The topological polar surface area (TPSA) is 76.2 Å². The van der Waals surface area contributed by atoms with Crippen LogP contribution in [0.5, 0.6) is 0 Å². The maximum atomic E-state index is 12.2. The molecule has 0 spiro atoms. The SMILES string of the molecule is COC(=O)[C@@H]1/C(=C\N(C)C)C(=O)CN1C(=O)OC(C)(C)C. The zero-order valence-corrected chi connectivity index (χ0v) is 13.3. The third-order valence-corrected chi connectivity index (χ3v) is 2.69. The molecule has 0 unspecified atom stereocenters. The van der Waals surface area contributed by atoms with Gasteiger partial charge in [0.25, 0.3) is 0 Å². The molecule has 7 heteroatoms. The minimum absolute atomic E-state index is 0.200. The van der Waals surface area contributed by atoms with Crippen molar-refractivity contribution in [2.75, 3.05) is 27.7 Å². The van der Waals surface area contributed by atoms with Crippen LogP contribution in [0.1, 0.15) is 20.8 Å². The van der Waals surface area contributed by atoms with Crippen LogP contribution in [0.2, 0.25) is 0 Å². The summed E-state index contributed by atoms with van der Waals surface area (Å²) in [5.74, 6) is -0.968. The number of Topliss-reactive ketones (excluding diaryl/α,β-unsaturated/α-hetero) is 1. The van der Waals surface area contributed by atoms with Gasteiger partial charge in [-0.15, -0.1) is 0 Å². The molecule has 21 heavy (non-hydrogen) atoms. The molecule has 1 saturated heterocycles. The number of esters is 1. The Bertz CT molecular complexity index is 476. The standard InChI is InChI=1S/C14H22N2O5/c1-14(2,3)21-13(19)16-8-10(17)9(7-15(4)5)11(16)12(18)20-6/h7,11H,8H2,1-6H3/b9-7-/t11-/m0/s1. The molecular weight excluding hydrogens is 276 g/mol. The zero-order chi connectivity index (χ0) is 16.4. The van der Waals surface area contributed by atoms with E-state index in [2.05, 4.69) is 0 Å². The van der Waals surface area contributed by atoms with Crippen molar-refractivity contribution in [3.8, 4) is 0 Å². The van der Waals surface area contributed by atoms with Crippen LogP contribution in [0.3, 0.4) is 0 Å². The molecule has 118 valence electrons. The molecule has 0 aromatic carbocycles. The van der Waals surface area contributed by atoms with Gasteiger partial charge in [0.1, 0.15) is 5.60 Å². The van der Waals surface area contributed by atoms with Crippen molar-refractivity contribution in [3.63, 3.8) is 0 Å². The number of ether oxygens (including phenoxy) is 2. The Labute approximate surface area is 124 Å². The second kappa shape index (κ2) is 6.15. The van der Waals surface area contributed by atoms with Crippen LogP contribution in [0.15, 0.2) is 11.8 Å². The maximum Gasteiger partial charge on any atom is 0.411 e. The van der Waals surface area contributed by atoms with Crippen molar-refractivity contribution in [3.05, 3.63) is 11.8 Å². The maximum absolute atomic E-state index is 12.2. The monoisotopic (exact) mass is 298 g/mol. The summed E-state index contributed by atoms with van der Waals surface area (Å²) in [5, 5.41) is 0. The smallest absolute Gasteiger partial charge is 0.411 e. The van der Waals surface area contributed by atoms with Crippen molar-refractivity contribution in [1.82, 2.24) is 9.80 Å². The minimum atomic E-state index is -1.07. The van der Waals surface area contributed by atoms with Gasteiger partial charge < -0.3 is 14.4 Å². The first-order valence-corrected chi connectivity index (χ1v) is 6.55. The van der Waals surface area contributed by atoms with Crippen molar-refractivity contribution < 1.29 is 23.9 Å². The first-order valence-electron chi connectivity index (χ1n) is 6.55. The van der Waals surface area contributed by atoms with Gasteiger partial charge in [0.15, 0.2) is 11.8 Å². The highest BCUT2D eigenvalue weighted by Crippen LogP contribution is 2.24. The molecule has 0 radical (unpaired) electrons. The summed E-state index contributed by atoms with van der Waals surface area (Å²) in [5.41, 5.74) is -0.493. The van der Waals surface area contributed by atoms with E-state index in [0.29, 0.717) is 0 Å². The van der Waals surface area contributed by atoms with E-state index in [1.54, 1.807) is 39.8 Å². The van der Waals surface area contributed by atoms with Gasteiger partial charge in [0, 0.05) is 25.9 Å². The molecule has 1 heterocycles. The van der Waals surface area contributed by atoms with Crippen LogP contribution in [0.4, 0.5) is 4.79 Å². The summed E-state index contributed by atoms with van der Waals surface area (Å²) in [4.78, 5) is 38.9. The van der Waals surface area contributed by atoms with E-state index in [1.165, 1.54) is 13.3 Å². The summed E-state index contributed by atoms with van der Waals surface area (Å²) < 4.78 is 9.94. The fourth-order valence-corrected chi connectivity index (χ4v) is 1.93. The van der Waals surface area contributed by atoms with E-state index >= 15 is 0 Å². The van der Waals surface area contributed by atoms with E-state index in [0.717, 1.165) is 4.90 Å². The summed E-state index contributed by atoms with van der Waals surface area (Å²) >= 11 is 0. The predicted octanol–water partition coefficient (Wildman–Crippen LogP) is 0.793. The van der Waals surface area contributed by atoms with Gasteiger partial charge in [-0.2, -0.15) is 0 Å². The summed E-state index contributed by atoms with van der Waals surface area (Å²) in [6.07, 6.45) is 0.808. The molecule has 0 aliphatic carbocycles. The van der Waals surface area contributed by atoms with Crippen molar-refractivity contribution in [2.45, 2.75) is 32.4 Å². The molecule has 0 saturated carbocycles. The predicted molar refractivity (Wildman–Crippen MR) is 75.5 cm³/mol. The first-order chi connectivity index (χ1) is 9.56. The molecule has 1 rings (SSSR count). The summed E-state index contributed by atoms with van der Waals surface area (Å²) in [6, 6.07) is -1.07. The van der Waals surface area contributed by atoms with Crippen LogP contribution in [0.25, 0.3) is 0 Å². The van der Waals surface area contributed by atoms with Crippen molar-refractivity contribution in [1.29, 1.82) is 0 Å². The van der Waals surface area contributed by atoms with Gasteiger partial charge >= 0.3 is 12.1 Å². The van der Waals surface area contributed by atoms with Crippen LogP contribution >= 0.6 is 0 Å². The first kappa shape index (κ1) is 17.0. The zero-order valence-electron chi connectivity index (χ0n) is 13.3. The average Bonchev–Trinajstić information content (AvgIpc) is 2.63. The number of carbonyl (C=O) groups excluding carboxylic acids is 3.